The van der Waals surface area contributed by atoms with Crippen LogP contribution in [0.3, 0.4) is 0 Å². The van der Waals surface area contributed by atoms with E-state index in [-0.39, 0.29) is 10.6 Å². The second kappa shape index (κ2) is 8.00. The molecule has 3 aromatic rings. The molecule has 1 heterocycles. The third-order valence-corrected chi connectivity index (χ3v) is 6.21. The molecule has 0 fully saturated rings. The van der Waals surface area contributed by atoms with Crippen LogP contribution in [0.1, 0.15) is 15.2 Å². The van der Waals surface area contributed by atoms with Gasteiger partial charge in [0.1, 0.15) is 4.88 Å². The van der Waals surface area contributed by atoms with E-state index in [1.807, 2.05) is 0 Å². The predicted octanol–water partition coefficient (Wildman–Crippen LogP) is 6.00. The number of halogens is 2. The zero-order valence-electron chi connectivity index (χ0n) is 13.8. The molecular formula is C18H13Cl2NO4S2. The Hall–Kier alpha value is -1.90. The first-order chi connectivity index (χ1) is 12.8. The average Bonchev–Trinajstić information content (AvgIpc) is 3.01. The molecule has 0 aliphatic heterocycles. The van der Waals surface area contributed by atoms with Crippen LogP contribution in [0.15, 0.2) is 48.5 Å². The number of carboxylic acid groups (broad SMARTS) is 1. The van der Waals surface area contributed by atoms with Crippen LogP contribution >= 0.6 is 34.5 Å². The SMILES string of the molecule is Cc1ccccc1N(c1cc(-c2ccc(Cl)cc2Cl)sc1C(=O)O)S(=O)O. The molecule has 3 rings (SSSR count). The summed E-state index contributed by atoms with van der Waals surface area (Å²) in [5.74, 6) is -1.20. The second-order valence-corrected chi connectivity index (χ2v) is 8.29. The molecule has 0 saturated heterocycles. The van der Waals surface area contributed by atoms with Gasteiger partial charge in [0, 0.05) is 15.5 Å². The Labute approximate surface area is 172 Å². The van der Waals surface area contributed by atoms with E-state index in [0.29, 0.717) is 26.2 Å². The lowest BCUT2D eigenvalue weighted by molar-refractivity contribution is 0.0703. The van der Waals surface area contributed by atoms with Crippen molar-refractivity contribution in [3.8, 4) is 10.4 Å². The minimum absolute atomic E-state index is 0.0679. The van der Waals surface area contributed by atoms with Crippen LogP contribution in [-0.2, 0) is 11.3 Å². The molecule has 0 bridgehead atoms. The topological polar surface area (TPSA) is 77.8 Å². The van der Waals surface area contributed by atoms with E-state index in [4.69, 9.17) is 23.2 Å². The van der Waals surface area contributed by atoms with Gasteiger partial charge in [-0.3, -0.25) is 4.55 Å². The molecule has 2 aromatic carbocycles. The molecule has 0 aliphatic carbocycles. The highest BCUT2D eigenvalue weighted by Crippen LogP contribution is 2.43. The summed E-state index contributed by atoms with van der Waals surface area (Å²) in [6, 6.07) is 13.4. The van der Waals surface area contributed by atoms with E-state index in [9.17, 15) is 18.7 Å². The van der Waals surface area contributed by atoms with Crippen LogP contribution in [-0.4, -0.2) is 19.8 Å². The van der Waals surface area contributed by atoms with Crippen LogP contribution in [0.5, 0.6) is 0 Å². The first kappa shape index (κ1) is 19.9. The Kier molecular flexibility index (Phi) is 5.88. The molecule has 0 saturated carbocycles. The number of hydrogen-bond acceptors (Lipinski definition) is 3. The normalized spacial score (nSPS) is 12.0. The van der Waals surface area contributed by atoms with E-state index >= 15 is 0 Å². The van der Waals surface area contributed by atoms with Crippen LogP contribution in [0, 0.1) is 6.92 Å². The number of thiophene rings is 1. The number of rotatable bonds is 5. The van der Waals surface area contributed by atoms with Gasteiger partial charge in [-0.05, 0) is 36.8 Å². The monoisotopic (exact) mass is 441 g/mol. The van der Waals surface area contributed by atoms with Crippen molar-refractivity contribution in [2.24, 2.45) is 0 Å². The molecule has 1 unspecified atom stereocenters. The fourth-order valence-corrected chi connectivity index (χ4v) is 4.93. The smallest absolute Gasteiger partial charge is 0.348 e. The predicted molar refractivity (Wildman–Crippen MR) is 111 cm³/mol. The number of nitrogens with zero attached hydrogens (tertiary/aromatic N) is 1. The fourth-order valence-electron chi connectivity index (χ4n) is 2.60. The van der Waals surface area contributed by atoms with Crippen molar-refractivity contribution in [2.45, 2.75) is 6.92 Å². The Morgan fingerprint density at radius 1 is 1.11 bits per heavy atom. The maximum Gasteiger partial charge on any atom is 0.348 e. The van der Waals surface area contributed by atoms with Crippen LogP contribution in [0.25, 0.3) is 10.4 Å². The summed E-state index contributed by atoms with van der Waals surface area (Å²) in [6.45, 7) is 1.78. The number of para-hydroxylation sites is 1. The van der Waals surface area contributed by atoms with E-state index in [0.717, 1.165) is 21.2 Å². The highest BCUT2D eigenvalue weighted by Gasteiger charge is 2.27. The Morgan fingerprint density at radius 3 is 2.41 bits per heavy atom. The van der Waals surface area contributed by atoms with Crippen molar-refractivity contribution in [1.29, 1.82) is 0 Å². The molecular weight excluding hydrogens is 429 g/mol. The van der Waals surface area contributed by atoms with Gasteiger partial charge in [0.2, 0.25) is 0 Å². The summed E-state index contributed by atoms with van der Waals surface area (Å²) in [6.07, 6.45) is 0. The summed E-state index contributed by atoms with van der Waals surface area (Å²) in [7, 11) is 0. The molecule has 27 heavy (non-hydrogen) atoms. The lowest BCUT2D eigenvalue weighted by Gasteiger charge is -2.21. The highest BCUT2D eigenvalue weighted by atomic mass is 35.5. The Balaban J connectivity index is 2.22. The molecule has 9 heteroatoms. The van der Waals surface area contributed by atoms with Gasteiger partial charge in [-0.1, -0.05) is 47.5 Å². The van der Waals surface area contributed by atoms with Crippen molar-refractivity contribution in [2.75, 3.05) is 4.31 Å². The van der Waals surface area contributed by atoms with Crippen molar-refractivity contribution < 1.29 is 18.7 Å². The zero-order chi connectivity index (χ0) is 19.7. The Bertz CT molecular complexity index is 1050. The van der Waals surface area contributed by atoms with Gasteiger partial charge in [0.25, 0.3) is 11.3 Å². The van der Waals surface area contributed by atoms with E-state index in [1.54, 1.807) is 55.5 Å². The summed E-state index contributed by atoms with van der Waals surface area (Å²) >= 11 is 10.7. The molecule has 2 N–H and O–H groups in total. The molecule has 5 nitrogen and oxygen atoms in total. The summed E-state index contributed by atoms with van der Waals surface area (Å²) in [5, 5.41) is 10.5. The Morgan fingerprint density at radius 2 is 1.81 bits per heavy atom. The average molecular weight is 442 g/mol. The van der Waals surface area contributed by atoms with Gasteiger partial charge in [-0.25, -0.2) is 13.3 Å². The van der Waals surface area contributed by atoms with Gasteiger partial charge < -0.3 is 5.11 Å². The number of anilines is 2. The van der Waals surface area contributed by atoms with Gasteiger partial charge in [-0.15, -0.1) is 11.3 Å². The molecule has 0 radical (unpaired) electrons. The highest BCUT2D eigenvalue weighted by molar-refractivity contribution is 7.81. The number of hydrogen-bond donors (Lipinski definition) is 2. The molecule has 140 valence electrons. The van der Waals surface area contributed by atoms with Gasteiger partial charge in [0.15, 0.2) is 0 Å². The van der Waals surface area contributed by atoms with Crippen LogP contribution < -0.4 is 4.31 Å². The quantitative estimate of drug-likeness (QED) is 0.475. The number of benzene rings is 2. The number of carboxylic acids is 1. The van der Waals surface area contributed by atoms with Gasteiger partial charge in [0.05, 0.1) is 16.4 Å². The summed E-state index contributed by atoms with van der Waals surface area (Å²) in [5.41, 5.74) is 1.87. The molecule has 1 atom stereocenters. The van der Waals surface area contributed by atoms with Crippen molar-refractivity contribution in [3.63, 3.8) is 0 Å². The molecule has 1 aromatic heterocycles. The maximum absolute atomic E-state index is 12.1. The summed E-state index contributed by atoms with van der Waals surface area (Å²) in [4.78, 5) is 12.3. The number of aryl methyl sites for hydroxylation is 1. The van der Waals surface area contributed by atoms with Crippen molar-refractivity contribution >= 4 is 63.1 Å². The largest absolute Gasteiger partial charge is 0.477 e. The van der Waals surface area contributed by atoms with E-state index in [1.165, 1.54) is 0 Å². The molecule has 0 amide bonds. The lowest BCUT2D eigenvalue weighted by atomic mass is 10.1. The first-order valence-corrected chi connectivity index (χ1v) is 10.2. The van der Waals surface area contributed by atoms with Crippen LogP contribution in [0.2, 0.25) is 10.0 Å². The maximum atomic E-state index is 12.1. The van der Waals surface area contributed by atoms with Crippen molar-refractivity contribution in [1.82, 2.24) is 0 Å². The minimum atomic E-state index is -2.47. The first-order valence-electron chi connectivity index (χ1n) is 7.59. The summed E-state index contributed by atoms with van der Waals surface area (Å²) < 4.78 is 23.1. The van der Waals surface area contributed by atoms with Crippen molar-refractivity contribution in [3.05, 3.63) is 69.0 Å². The second-order valence-electron chi connectivity index (χ2n) is 5.57. The van der Waals surface area contributed by atoms with Gasteiger partial charge >= 0.3 is 5.97 Å². The standard InChI is InChI=1S/C18H13Cl2NO4S2/c1-10-4-2-3-5-14(10)21(27(24)25)15-9-16(26-17(15)18(22)23)12-7-6-11(19)8-13(12)20/h2-9H,1H3,(H,22,23)(H,24,25). The van der Waals surface area contributed by atoms with Crippen LogP contribution in [0.4, 0.5) is 11.4 Å². The third kappa shape index (κ3) is 4.02. The zero-order valence-corrected chi connectivity index (χ0v) is 17.0. The third-order valence-electron chi connectivity index (χ3n) is 3.81. The van der Waals surface area contributed by atoms with E-state index < -0.39 is 17.2 Å². The fraction of sp³-hybridized carbons (Fsp3) is 0.0556. The molecule has 0 aliphatic rings. The number of aromatic carboxylic acids is 1. The minimum Gasteiger partial charge on any atom is -0.477 e. The molecule has 0 spiro atoms. The van der Waals surface area contributed by atoms with E-state index in [2.05, 4.69) is 0 Å². The lowest BCUT2D eigenvalue weighted by Crippen LogP contribution is -2.21. The van der Waals surface area contributed by atoms with Gasteiger partial charge in [-0.2, -0.15) is 0 Å². The number of carbonyl (C=O) groups is 1.